The predicted molar refractivity (Wildman–Crippen MR) is 135 cm³/mol. The van der Waals surface area contributed by atoms with Crippen molar-refractivity contribution < 1.29 is 28.6 Å². The highest BCUT2D eigenvalue weighted by molar-refractivity contribution is 6.01. The summed E-state index contributed by atoms with van der Waals surface area (Å²) in [4.78, 5) is 51.7. The molecule has 2 aromatic heterocycles. The maximum atomic E-state index is 13.1. The zero-order valence-corrected chi connectivity index (χ0v) is 21.3. The van der Waals surface area contributed by atoms with E-state index in [-0.39, 0.29) is 24.5 Å². The third-order valence-electron chi connectivity index (χ3n) is 4.93. The number of hydrogen-bond donors (Lipinski definition) is 1. The van der Waals surface area contributed by atoms with Gasteiger partial charge in [-0.2, -0.15) is 0 Å². The number of anilines is 1. The largest absolute Gasteiger partial charge is 0.497 e. The van der Waals surface area contributed by atoms with Gasteiger partial charge in [0, 0.05) is 18.0 Å². The van der Waals surface area contributed by atoms with Crippen LogP contribution in [0.3, 0.4) is 0 Å². The lowest BCUT2D eigenvalue weighted by Gasteiger charge is -2.27. The van der Waals surface area contributed by atoms with Gasteiger partial charge in [-0.3, -0.25) is 9.69 Å². The second-order valence-electron chi connectivity index (χ2n) is 8.93. The highest BCUT2D eigenvalue weighted by Gasteiger charge is 2.26. The first-order valence-corrected chi connectivity index (χ1v) is 11.3. The molecule has 0 aliphatic carbocycles. The second-order valence-corrected chi connectivity index (χ2v) is 8.93. The van der Waals surface area contributed by atoms with Gasteiger partial charge in [0.2, 0.25) is 5.91 Å². The fourth-order valence-corrected chi connectivity index (χ4v) is 3.26. The fraction of sp³-hybridized carbons (Fsp3) is 0.308. The number of nitrogens with one attached hydrogen (secondary N) is 1. The summed E-state index contributed by atoms with van der Waals surface area (Å²) in [5.41, 5.74) is 1.19. The average Bonchev–Trinajstić information content (AvgIpc) is 2.87. The van der Waals surface area contributed by atoms with Crippen LogP contribution in [0.15, 0.2) is 55.1 Å². The highest BCUT2D eigenvalue weighted by atomic mass is 16.6. The van der Waals surface area contributed by atoms with Gasteiger partial charge in [-0.1, -0.05) is 12.1 Å². The molecular formula is C26H29N5O6. The molecule has 1 aromatic carbocycles. The Bertz CT molecular complexity index is 1260. The lowest BCUT2D eigenvalue weighted by molar-refractivity contribution is -0.117. The number of pyridine rings is 1. The number of carbonyl (C=O) groups is 3. The zero-order valence-electron chi connectivity index (χ0n) is 21.3. The molecule has 3 aromatic rings. The number of benzene rings is 1. The molecule has 0 bridgehead atoms. The minimum absolute atomic E-state index is 0.0107. The molecule has 0 saturated carbocycles. The summed E-state index contributed by atoms with van der Waals surface area (Å²) in [6, 6.07) is 10.5. The molecule has 11 nitrogen and oxygen atoms in total. The summed E-state index contributed by atoms with van der Waals surface area (Å²) < 4.78 is 15.6. The summed E-state index contributed by atoms with van der Waals surface area (Å²) in [6.07, 6.45) is 3.69. The van der Waals surface area contributed by atoms with E-state index in [0.717, 1.165) is 5.56 Å². The molecule has 2 heterocycles. The maximum Gasteiger partial charge on any atom is 0.411 e. The first-order chi connectivity index (χ1) is 17.6. The molecule has 0 aliphatic heterocycles. The van der Waals surface area contributed by atoms with E-state index >= 15 is 0 Å². The molecule has 0 aliphatic rings. The van der Waals surface area contributed by atoms with E-state index in [1.54, 1.807) is 52.1 Å². The van der Waals surface area contributed by atoms with E-state index in [9.17, 15) is 14.4 Å². The topological polar surface area (TPSA) is 133 Å². The number of hydrogen-bond acceptors (Lipinski definition) is 9. The Kier molecular flexibility index (Phi) is 8.72. The molecule has 11 heteroatoms. The van der Waals surface area contributed by atoms with Gasteiger partial charge in [0.05, 0.1) is 32.1 Å². The van der Waals surface area contributed by atoms with Gasteiger partial charge >= 0.3 is 12.1 Å². The van der Waals surface area contributed by atoms with Crippen LogP contribution in [0.1, 0.15) is 37.0 Å². The van der Waals surface area contributed by atoms with Gasteiger partial charge < -0.3 is 19.5 Å². The Balaban J connectivity index is 1.88. The maximum absolute atomic E-state index is 13.1. The van der Waals surface area contributed by atoms with E-state index < -0.39 is 23.6 Å². The molecule has 37 heavy (non-hydrogen) atoms. The van der Waals surface area contributed by atoms with Crippen molar-refractivity contribution in [1.29, 1.82) is 0 Å². The number of methoxy groups -OCH3 is 2. The van der Waals surface area contributed by atoms with Crippen molar-refractivity contribution in [3.05, 3.63) is 66.5 Å². The lowest BCUT2D eigenvalue weighted by Crippen LogP contribution is -2.41. The average molecular weight is 508 g/mol. The summed E-state index contributed by atoms with van der Waals surface area (Å²) in [6.45, 7) is 4.82. The third kappa shape index (κ3) is 7.72. The lowest BCUT2D eigenvalue weighted by atomic mass is 10.1. The van der Waals surface area contributed by atoms with Crippen LogP contribution >= 0.6 is 0 Å². The second kappa shape index (κ2) is 11.9. The van der Waals surface area contributed by atoms with Gasteiger partial charge in [0.15, 0.2) is 5.69 Å². The minimum Gasteiger partial charge on any atom is -0.497 e. The molecule has 0 spiro atoms. The molecule has 2 amide bonds. The molecule has 0 atom stereocenters. The van der Waals surface area contributed by atoms with Crippen LogP contribution in [0.5, 0.6) is 5.75 Å². The van der Waals surface area contributed by atoms with Gasteiger partial charge in [-0.15, -0.1) is 0 Å². The van der Waals surface area contributed by atoms with Gasteiger partial charge in [0.25, 0.3) is 0 Å². The van der Waals surface area contributed by atoms with Crippen molar-refractivity contribution in [2.45, 2.75) is 32.9 Å². The number of esters is 1. The smallest absolute Gasteiger partial charge is 0.411 e. The third-order valence-corrected chi connectivity index (χ3v) is 4.93. The first-order valence-electron chi connectivity index (χ1n) is 11.3. The van der Waals surface area contributed by atoms with Crippen molar-refractivity contribution >= 4 is 23.7 Å². The Morgan fingerprint density at radius 1 is 1.03 bits per heavy atom. The SMILES string of the molecule is COC(=O)c1ncc(-c2cccc(OC)c2)cc1NC(=O)CN(Cc1ccncn1)C(=O)OC(C)(C)C. The van der Waals surface area contributed by atoms with Crippen LogP contribution in [0, 0.1) is 0 Å². The van der Waals surface area contributed by atoms with Crippen molar-refractivity contribution in [1.82, 2.24) is 19.9 Å². The van der Waals surface area contributed by atoms with E-state index in [1.807, 2.05) is 12.1 Å². The van der Waals surface area contributed by atoms with Crippen LogP contribution in [0.2, 0.25) is 0 Å². The number of amides is 2. The molecular weight excluding hydrogens is 478 g/mol. The minimum atomic E-state index is -0.773. The van der Waals surface area contributed by atoms with Gasteiger partial charge in [-0.05, 0) is 50.6 Å². The van der Waals surface area contributed by atoms with Crippen molar-refractivity contribution in [3.8, 4) is 16.9 Å². The molecule has 0 unspecified atom stereocenters. The number of ether oxygens (including phenoxy) is 3. The number of aromatic nitrogens is 3. The normalized spacial score (nSPS) is 10.8. The quantitative estimate of drug-likeness (QED) is 0.453. The van der Waals surface area contributed by atoms with Gasteiger partial charge in [-0.25, -0.2) is 24.5 Å². The highest BCUT2D eigenvalue weighted by Crippen LogP contribution is 2.27. The molecule has 194 valence electrons. The van der Waals surface area contributed by atoms with E-state index in [2.05, 4.69) is 20.3 Å². The van der Waals surface area contributed by atoms with Crippen molar-refractivity contribution in [2.75, 3.05) is 26.1 Å². The Hall–Kier alpha value is -4.54. The van der Waals surface area contributed by atoms with E-state index in [0.29, 0.717) is 17.0 Å². The standard InChI is InChI=1S/C26H29N5O6/c1-26(2,3)37-25(34)31(14-19-9-10-27-16-29-19)15-22(32)30-21-12-18(13-28-23(21)24(33)36-5)17-7-6-8-20(11-17)35-4/h6-13,16H,14-15H2,1-5H3,(H,30,32). The summed E-state index contributed by atoms with van der Waals surface area (Å²) >= 11 is 0. The first kappa shape index (κ1) is 27.1. The zero-order chi connectivity index (χ0) is 27.0. The predicted octanol–water partition coefficient (Wildman–Crippen LogP) is 3.71. The molecule has 0 radical (unpaired) electrons. The van der Waals surface area contributed by atoms with Crippen LogP contribution in [0.4, 0.5) is 10.5 Å². The fourth-order valence-electron chi connectivity index (χ4n) is 3.26. The summed E-state index contributed by atoms with van der Waals surface area (Å²) in [5, 5.41) is 2.68. The number of rotatable bonds is 8. The monoisotopic (exact) mass is 507 g/mol. The molecule has 0 fully saturated rings. The van der Waals surface area contributed by atoms with Crippen LogP contribution in [-0.4, -0.2) is 64.2 Å². The summed E-state index contributed by atoms with van der Waals surface area (Å²) in [5.74, 6) is -0.662. The number of nitrogens with zero attached hydrogens (tertiary/aromatic N) is 4. The van der Waals surface area contributed by atoms with Crippen LogP contribution in [0.25, 0.3) is 11.1 Å². The molecule has 0 saturated heterocycles. The van der Waals surface area contributed by atoms with E-state index in [1.165, 1.54) is 30.7 Å². The van der Waals surface area contributed by atoms with Gasteiger partial charge in [0.1, 0.15) is 24.2 Å². The van der Waals surface area contributed by atoms with E-state index in [4.69, 9.17) is 14.2 Å². The Morgan fingerprint density at radius 3 is 2.46 bits per heavy atom. The summed E-state index contributed by atoms with van der Waals surface area (Å²) in [7, 11) is 2.78. The Labute approximate surface area is 214 Å². The number of carbonyl (C=O) groups excluding carboxylic acids is 3. The van der Waals surface area contributed by atoms with Crippen LogP contribution < -0.4 is 10.1 Å². The van der Waals surface area contributed by atoms with Crippen molar-refractivity contribution in [3.63, 3.8) is 0 Å². The van der Waals surface area contributed by atoms with Crippen LogP contribution in [-0.2, 0) is 20.8 Å². The molecule has 1 N–H and O–H groups in total. The Morgan fingerprint density at radius 2 is 1.81 bits per heavy atom. The van der Waals surface area contributed by atoms with Crippen molar-refractivity contribution in [2.24, 2.45) is 0 Å². The molecule has 3 rings (SSSR count).